The van der Waals surface area contributed by atoms with Gasteiger partial charge in [0.25, 0.3) is 0 Å². The molecule has 0 aliphatic heterocycles. The van der Waals surface area contributed by atoms with E-state index in [0.29, 0.717) is 5.92 Å². The number of imidazole rings is 1. The molecule has 2 rings (SSSR count). The van der Waals surface area contributed by atoms with Crippen molar-refractivity contribution >= 4 is 0 Å². The van der Waals surface area contributed by atoms with E-state index >= 15 is 0 Å². The fourth-order valence-electron chi connectivity index (χ4n) is 2.51. The van der Waals surface area contributed by atoms with Crippen LogP contribution in [0.15, 0.2) is 36.7 Å². The van der Waals surface area contributed by atoms with Gasteiger partial charge in [0.05, 0.1) is 0 Å². The van der Waals surface area contributed by atoms with Crippen LogP contribution < -0.4 is 5.73 Å². The lowest BCUT2D eigenvalue weighted by Gasteiger charge is -2.16. The average molecular weight is 271 g/mol. The molecule has 0 saturated carbocycles. The summed E-state index contributed by atoms with van der Waals surface area (Å²) in [6.07, 6.45) is 6.18. The van der Waals surface area contributed by atoms with Gasteiger partial charge in [-0.1, -0.05) is 51.5 Å². The number of hydrogen-bond acceptors (Lipinski definition) is 2. The topological polar surface area (TPSA) is 43.8 Å². The van der Waals surface area contributed by atoms with Gasteiger partial charge in [-0.3, -0.25) is 0 Å². The minimum Gasteiger partial charge on any atom is -0.333 e. The second-order valence-electron chi connectivity index (χ2n) is 5.69. The van der Waals surface area contributed by atoms with Crippen molar-refractivity contribution in [1.29, 1.82) is 0 Å². The molecule has 0 bridgehead atoms. The quantitative estimate of drug-likeness (QED) is 0.871. The van der Waals surface area contributed by atoms with Crippen molar-refractivity contribution in [2.24, 2.45) is 5.73 Å². The summed E-state index contributed by atoms with van der Waals surface area (Å²) in [6.45, 7) is 7.29. The van der Waals surface area contributed by atoms with Crippen molar-refractivity contribution in [2.45, 2.75) is 52.1 Å². The first kappa shape index (κ1) is 14.8. The van der Waals surface area contributed by atoms with E-state index in [-0.39, 0.29) is 6.04 Å². The average Bonchev–Trinajstić information content (AvgIpc) is 2.88. The van der Waals surface area contributed by atoms with Crippen LogP contribution in [-0.4, -0.2) is 9.55 Å². The minimum atomic E-state index is 0.0115. The molecule has 0 saturated heterocycles. The van der Waals surface area contributed by atoms with Gasteiger partial charge in [0.2, 0.25) is 0 Å². The molecule has 0 radical (unpaired) electrons. The van der Waals surface area contributed by atoms with Gasteiger partial charge in [0, 0.05) is 30.9 Å². The molecule has 0 spiro atoms. The highest BCUT2D eigenvalue weighted by atomic mass is 15.1. The summed E-state index contributed by atoms with van der Waals surface area (Å²) in [5, 5.41) is 0. The van der Waals surface area contributed by atoms with E-state index in [1.807, 2.05) is 12.4 Å². The summed E-state index contributed by atoms with van der Waals surface area (Å²) in [7, 11) is 0. The Morgan fingerprint density at radius 2 is 1.90 bits per heavy atom. The van der Waals surface area contributed by atoms with Crippen LogP contribution in [0.1, 0.15) is 56.1 Å². The van der Waals surface area contributed by atoms with Crippen molar-refractivity contribution in [3.63, 3.8) is 0 Å². The fraction of sp³-hybridized carbons (Fsp3) is 0.471. The van der Waals surface area contributed by atoms with Crippen molar-refractivity contribution in [1.82, 2.24) is 9.55 Å². The molecule has 0 aliphatic rings. The van der Waals surface area contributed by atoms with Gasteiger partial charge in [-0.05, 0) is 17.5 Å². The number of nitrogens with zero attached hydrogens (tertiary/aromatic N) is 2. The largest absolute Gasteiger partial charge is 0.333 e. The number of nitrogens with two attached hydrogens (primary N) is 1. The highest BCUT2D eigenvalue weighted by molar-refractivity contribution is 5.25. The first-order valence-electron chi connectivity index (χ1n) is 7.47. The number of aromatic nitrogens is 2. The van der Waals surface area contributed by atoms with E-state index < -0.39 is 0 Å². The molecule has 2 N–H and O–H groups in total. The van der Waals surface area contributed by atoms with Crippen LogP contribution in [0.3, 0.4) is 0 Å². The SMILES string of the molecule is CCCc1ccc(C(N)Cn2ccnc2C(C)C)cc1. The zero-order valence-corrected chi connectivity index (χ0v) is 12.7. The van der Waals surface area contributed by atoms with Crippen LogP contribution in [-0.2, 0) is 13.0 Å². The van der Waals surface area contributed by atoms with Crippen LogP contribution >= 0.6 is 0 Å². The normalized spacial score (nSPS) is 12.8. The monoisotopic (exact) mass is 271 g/mol. The number of hydrogen-bond donors (Lipinski definition) is 1. The van der Waals surface area contributed by atoms with Crippen LogP contribution in [0.25, 0.3) is 0 Å². The smallest absolute Gasteiger partial charge is 0.111 e. The predicted molar refractivity (Wildman–Crippen MR) is 83.7 cm³/mol. The summed E-state index contributed by atoms with van der Waals surface area (Å²) < 4.78 is 2.16. The zero-order valence-electron chi connectivity index (χ0n) is 12.7. The summed E-state index contributed by atoms with van der Waals surface area (Å²) in [5.41, 5.74) is 8.90. The minimum absolute atomic E-state index is 0.0115. The van der Waals surface area contributed by atoms with E-state index in [2.05, 4.69) is 54.6 Å². The van der Waals surface area contributed by atoms with Gasteiger partial charge in [-0.15, -0.1) is 0 Å². The molecule has 1 unspecified atom stereocenters. The van der Waals surface area contributed by atoms with Crippen LogP contribution in [0, 0.1) is 0 Å². The summed E-state index contributed by atoms with van der Waals surface area (Å²) >= 11 is 0. The highest BCUT2D eigenvalue weighted by Gasteiger charge is 2.12. The molecule has 1 aromatic heterocycles. The molecule has 108 valence electrons. The third-order valence-electron chi connectivity index (χ3n) is 3.60. The molecule has 0 fully saturated rings. The number of benzene rings is 1. The Hall–Kier alpha value is -1.61. The van der Waals surface area contributed by atoms with Gasteiger partial charge >= 0.3 is 0 Å². The Bertz CT molecular complexity index is 525. The molecule has 20 heavy (non-hydrogen) atoms. The van der Waals surface area contributed by atoms with Crippen molar-refractivity contribution < 1.29 is 0 Å². The van der Waals surface area contributed by atoms with E-state index in [0.717, 1.165) is 18.8 Å². The lowest BCUT2D eigenvalue weighted by atomic mass is 10.0. The van der Waals surface area contributed by atoms with Gasteiger partial charge in [-0.25, -0.2) is 4.98 Å². The fourth-order valence-corrected chi connectivity index (χ4v) is 2.51. The molecular formula is C17H25N3. The Morgan fingerprint density at radius 3 is 2.50 bits per heavy atom. The first-order valence-corrected chi connectivity index (χ1v) is 7.47. The molecular weight excluding hydrogens is 246 g/mol. The van der Waals surface area contributed by atoms with Crippen molar-refractivity contribution in [3.05, 3.63) is 53.6 Å². The maximum absolute atomic E-state index is 6.33. The van der Waals surface area contributed by atoms with Gasteiger partial charge in [0.1, 0.15) is 5.82 Å². The van der Waals surface area contributed by atoms with Gasteiger partial charge in [-0.2, -0.15) is 0 Å². The van der Waals surface area contributed by atoms with E-state index in [4.69, 9.17) is 5.73 Å². The Morgan fingerprint density at radius 1 is 1.20 bits per heavy atom. The summed E-state index contributed by atoms with van der Waals surface area (Å²) in [5.74, 6) is 1.52. The van der Waals surface area contributed by atoms with Crippen LogP contribution in [0.2, 0.25) is 0 Å². The summed E-state index contributed by atoms with van der Waals surface area (Å²) in [4.78, 5) is 4.41. The third-order valence-corrected chi connectivity index (χ3v) is 3.60. The second kappa shape index (κ2) is 6.71. The maximum Gasteiger partial charge on any atom is 0.111 e. The lowest BCUT2D eigenvalue weighted by Crippen LogP contribution is -2.19. The van der Waals surface area contributed by atoms with Gasteiger partial charge < -0.3 is 10.3 Å². The highest BCUT2D eigenvalue weighted by Crippen LogP contribution is 2.18. The summed E-state index contributed by atoms with van der Waals surface area (Å²) in [6, 6.07) is 8.70. The van der Waals surface area contributed by atoms with E-state index in [9.17, 15) is 0 Å². The molecule has 3 heteroatoms. The van der Waals surface area contributed by atoms with Crippen molar-refractivity contribution in [2.75, 3.05) is 0 Å². The molecule has 1 heterocycles. The Labute approximate surface area is 121 Å². The molecule has 3 nitrogen and oxygen atoms in total. The van der Waals surface area contributed by atoms with Crippen LogP contribution in [0.5, 0.6) is 0 Å². The molecule has 1 atom stereocenters. The van der Waals surface area contributed by atoms with E-state index in [1.165, 1.54) is 17.5 Å². The molecule has 0 aliphatic carbocycles. The Balaban J connectivity index is 2.07. The first-order chi connectivity index (χ1) is 9.61. The molecule has 0 amide bonds. The van der Waals surface area contributed by atoms with Crippen LogP contribution in [0.4, 0.5) is 0 Å². The molecule has 1 aromatic carbocycles. The van der Waals surface area contributed by atoms with E-state index in [1.54, 1.807) is 0 Å². The number of aryl methyl sites for hydroxylation is 1. The number of rotatable bonds is 6. The standard InChI is InChI=1S/C17H25N3/c1-4-5-14-6-8-15(9-7-14)16(18)12-20-11-10-19-17(20)13(2)3/h6-11,13,16H,4-5,12,18H2,1-3H3. The Kier molecular flexibility index (Phi) is 4.96. The third kappa shape index (κ3) is 3.48. The second-order valence-corrected chi connectivity index (χ2v) is 5.69. The maximum atomic E-state index is 6.33. The predicted octanol–water partition coefficient (Wildman–Crippen LogP) is 3.66. The molecule has 2 aromatic rings. The van der Waals surface area contributed by atoms with Crippen molar-refractivity contribution in [3.8, 4) is 0 Å². The lowest BCUT2D eigenvalue weighted by molar-refractivity contribution is 0.542. The van der Waals surface area contributed by atoms with Gasteiger partial charge in [0.15, 0.2) is 0 Å². The zero-order chi connectivity index (χ0) is 14.5.